The molecule has 3 aromatic rings. The molecule has 0 aliphatic carbocycles. The third-order valence-corrected chi connectivity index (χ3v) is 6.20. The summed E-state index contributed by atoms with van der Waals surface area (Å²) >= 11 is 1.63. The molecule has 4 rings (SSSR count). The fraction of sp³-hybridized carbons (Fsp3) is 0.292. The molecule has 0 saturated carbocycles. The Morgan fingerprint density at radius 1 is 1.00 bits per heavy atom. The van der Waals surface area contributed by atoms with E-state index in [0.717, 1.165) is 33.5 Å². The van der Waals surface area contributed by atoms with E-state index < -0.39 is 0 Å². The highest BCUT2D eigenvalue weighted by molar-refractivity contribution is 7.97. The number of amides is 1. The summed E-state index contributed by atoms with van der Waals surface area (Å²) in [6, 6.07) is 19.0. The van der Waals surface area contributed by atoms with Gasteiger partial charge in [-0.05, 0) is 59.0 Å². The van der Waals surface area contributed by atoms with E-state index in [-0.39, 0.29) is 11.3 Å². The number of nitrogens with zero attached hydrogens (tertiary/aromatic N) is 1. The van der Waals surface area contributed by atoms with Crippen LogP contribution in [-0.2, 0) is 12.0 Å². The number of nitrogens with one attached hydrogen (secondary N) is 1. The monoisotopic (exact) mass is 390 g/mol. The van der Waals surface area contributed by atoms with Crippen molar-refractivity contribution in [3.63, 3.8) is 0 Å². The van der Waals surface area contributed by atoms with Crippen molar-refractivity contribution in [2.75, 3.05) is 11.4 Å². The van der Waals surface area contributed by atoms with Gasteiger partial charge in [-0.25, -0.2) is 0 Å². The summed E-state index contributed by atoms with van der Waals surface area (Å²) in [7, 11) is 0. The lowest BCUT2D eigenvalue weighted by Crippen LogP contribution is -2.25. The summed E-state index contributed by atoms with van der Waals surface area (Å²) in [6.45, 7) is 10.2. The Morgan fingerprint density at radius 2 is 1.75 bits per heavy atom. The van der Waals surface area contributed by atoms with E-state index in [4.69, 9.17) is 0 Å². The standard InChI is InChI=1S/C24H26N2OS/c1-5-26-20-13-14-21(18-7-6-8-19(22(18)20)23(26)27)28-25-15-16-9-11-17(12-10-16)24(2,3)4/h6-14,25H,5,15H2,1-4H3. The highest BCUT2D eigenvalue weighted by Gasteiger charge is 2.29. The molecule has 0 atom stereocenters. The van der Waals surface area contributed by atoms with Crippen LogP contribution in [0.4, 0.5) is 5.69 Å². The first-order valence-corrected chi connectivity index (χ1v) is 10.6. The lowest BCUT2D eigenvalue weighted by Gasteiger charge is -2.19. The molecule has 1 N–H and O–H groups in total. The van der Waals surface area contributed by atoms with Gasteiger partial charge in [-0.3, -0.25) is 9.52 Å². The number of anilines is 1. The van der Waals surface area contributed by atoms with Crippen LogP contribution in [0, 0.1) is 0 Å². The molecule has 0 unspecified atom stereocenters. The van der Waals surface area contributed by atoms with Gasteiger partial charge in [0.15, 0.2) is 0 Å². The molecule has 4 heteroatoms. The number of hydrogen-bond acceptors (Lipinski definition) is 3. The zero-order valence-electron chi connectivity index (χ0n) is 16.9. The molecular formula is C24H26N2OS. The van der Waals surface area contributed by atoms with Crippen LogP contribution in [0.1, 0.15) is 49.2 Å². The van der Waals surface area contributed by atoms with E-state index in [1.165, 1.54) is 11.1 Å². The molecule has 1 amide bonds. The highest BCUT2D eigenvalue weighted by atomic mass is 32.2. The third-order valence-electron chi connectivity index (χ3n) is 5.34. The Balaban J connectivity index is 1.52. The SMILES string of the molecule is CCN1C(=O)c2cccc3c(SNCc4ccc(C(C)(C)C)cc4)ccc1c23. The second-order valence-corrected chi connectivity index (χ2v) is 9.16. The van der Waals surface area contributed by atoms with E-state index in [9.17, 15) is 4.79 Å². The molecule has 0 fully saturated rings. The molecule has 0 spiro atoms. The van der Waals surface area contributed by atoms with E-state index in [2.05, 4.69) is 68.0 Å². The quantitative estimate of drug-likeness (QED) is 0.549. The van der Waals surface area contributed by atoms with Crippen molar-refractivity contribution in [1.82, 2.24) is 4.72 Å². The van der Waals surface area contributed by atoms with Crippen LogP contribution in [0.2, 0.25) is 0 Å². The Kier molecular flexibility index (Phi) is 4.94. The first-order valence-electron chi connectivity index (χ1n) is 9.77. The fourth-order valence-corrected chi connectivity index (χ4v) is 4.55. The largest absolute Gasteiger partial charge is 0.308 e. The Morgan fingerprint density at radius 3 is 2.43 bits per heavy atom. The van der Waals surface area contributed by atoms with Gasteiger partial charge in [0.25, 0.3) is 5.91 Å². The molecule has 0 saturated heterocycles. The summed E-state index contributed by atoms with van der Waals surface area (Å²) < 4.78 is 3.48. The van der Waals surface area contributed by atoms with E-state index in [1.54, 1.807) is 11.9 Å². The van der Waals surface area contributed by atoms with Crippen LogP contribution < -0.4 is 9.62 Å². The molecule has 3 nitrogen and oxygen atoms in total. The van der Waals surface area contributed by atoms with Crippen molar-refractivity contribution in [2.24, 2.45) is 0 Å². The van der Waals surface area contributed by atoms with Gasteiger partial charge >= 0.3 is 0 Å². The first-order chi connectivity index (χ1) is 13.4. The summed E-state index contributed by atoms with van der Waals surface area (Å²) in [6.07, 6.45) is 0. The molecule has 0 bridgehead atoms. The van der Waals surface area contributed by atoms with Gasteiger partial charge in [0, 0.05) is 28.9 Å². The third kappa shape index (κ3) is 3.31. The van der Waals surface area contributed by atoms with Gasteiger partial charge in [0.1, 0.15) is 0 Å². The maximum atomic E-state index is 12.6. The van der Waals surface area contributed by atoms with Crippen molar-refractivity contribution < 1.29 is 4.79 Å². The maximum absolute atomic E-state index is 12.6. The van der Waals surface area contributed by atoms with Gasteiger partial charge in [-0.1, -0.05) is 57.2 Å². The van der Waals surface area contributed by atoms with Crippen molar-refractivity contribution in [1.29, 1.82) is 0 Å². The minimum Gasteiger partial charge on any atom is -0.308 e. The Labute approximate surface area is 171 Å². The van der Waals surface area contributed by atoms with Crippen molar-refractivity contribution >= 4 is 34.3 Å². The second-order valence-electron chi connectivity index (χ2n) is 8.23. The summed E-state index contributed by atoms with van der Waals surface area (Å²) in [5.74, 6) is 0.108. The van der Waals surface area contributed by atoms with Crippen LogP contribution in [0.3, 0.4) is 0 Å². The minimum absolute atomic E-state index is 0.108. The number of rotatable bonds is 5. The lowest BCUT2D eigenvalue weighted by molar-refractivity contribution is 0.0994. The summed E-state index contributed by atoms with van der Waals surface area (Å²) in [5.41, 5.74) is 4.63. The zero-order chi connectivity index (χ0) is 19.9. The average Bonchev–Trinajstić information content (AvgIpc) is 2.96. The zero-order valence-corrected chi connectivity index (χ0v) is 17.7. The van der Waals surface area contributed by atoms with Crippen LogP contribution in [0.5, 0.6) is 0 Å². The number of benzene rings is 3. The lowest BCUT2D eigenvalue weighted by atomic mass is 9.87. The van der Waals surface area contributed by atoms with Crippen LogP contribution in [-0.4, -0.2) is 12.5 Å². The predicted molar refractivity (Wildman–Crippen MR) is 119 cm³/mol. The van der Waals surface area contributed by atoms with Crippen molar-refractivity contribution in [3.05, 3.63) is 71.3 Å². The van der Waals surface area contributed by atoms with E-state index >= 15 is 0 Å². The topological polar surface area (TPSA) is 32.3 Å². The van der Waals surface area contributed by atoms with Gasteiger partial charge in [0.05, 0.1) is 5.69 Å². The smallest absolute Gasteiger partial charge is 0.258 e. The summed E-state index contributed by atoms with van der Waals surface area (Å²) in [5, 5.41) is 2.22. The molecule has 28 heavy (non-hydrogen) atoms. The Bertz CT molecular complexity index is 1030. The number of carbonyl (C=O) groups is 1. The molecule has 144 valence electrons. The molecule has 0 radical (unpaired) electrons. The fourth-order valence-electron chi connectivity index (χ4n) is 3.74. The van der Waals surface area contributed by atoms with Crippen LogP contribution >= 0.6 is 11.9 Å². The maximum Gasteiger partial charge on any atom is 0.258 e. The molecule has 1 aliphatic rings. The van der Waals surface area contributed by atoms with Crippen molar-refractivity contribution in [2.45, 2.75) is 44.6 Å². The van der Waals surface area contributed by atoms with Gasteiger partial charge in [-0.15, -0.1) is 0 Å². The average molecular weight is 391 g/mol. The van der Waals surface area contributed by atoms with Crippen molar-refractivity contribution in [3.8, 4) is 0 Å². The first kappa shape index (κ1) is 19.0. The highest BCUT2D eigenvalue weighted by Crippen LogP contribution is 2.40. The van der Waals surface area contributed by atoms with Crippen LogP contribution in [0.25, 0.3) is 10.8 Å². The van der Waals surface area contributed by atoms with Gasteiger partial charge in [-0.2, -0.15) is 0 Å². The molecule has 1 aliphatic heterocycles. The molecule has 1 heterocycles. The predicted octanol–water partition coefficient (Wildman–Crippen LogP) is 5.91. The Hall–Kier alpha value is -2.30. The number of carbonyl (C=O) groups excluding carboxylic acids is 1. The van der Waals surface area contributed by atoms with Gasteiger partial charge < -0.3 is 4.90 Å². The summed E-state index contributed by atoms with van der Waals surface area (Å²) in [4.78, 5) is 15.6. The van der Waals surface area contributed by atoms with Crippen LogP contribution in [0.15, 0.2) is 59.5 Å². The van der Waals surface area contributed by atoms with E-state index in [0.29, 0.717) is 6.54 Å². The minimum atomic E-state index is 0.108. The number of hydrogen-bond donors (Lipinski definition) is 1. The van der Waals surface area contributed by atoms with E-state index in [1.807, 2.05) is 24.0 Å². The molecule has 0 aromatic heterocycles. The van der Waals surface area contributed by atoms with Gasteiger partial charge in [0.2, 0.25) is 0 Å². The second kappa shape index (κ2) is 7.26. The molecular weight excluding hydrogens is 364 g/mol. The normalized spacial score (nSPS) is 13.6. The molecule has 3 aromatic carbocycles.